The van der Waals surface area contributed by atoms with Gasteiger partial charge < -0.3 is 14.6 Å². The molecular weight excluding hydrogens is 429 g/mol. The van der Waals surface area contributed by atoms with E-state index in [2.05, 4.69) is 62.8 Å². The average Bonchev–Trinajstić information content (AvgIpc) is 3.25. The zero-order chi connectivity index (χ0) is 26.5. The molecule has 35 heavy (non-hydrogen) atoms. The van der Waals surface area contributed by atoms with Crippen LogP contribution in [0.25, 0.3) is 29.5 Å². The van der Waals surface area contributed by atoms with Crippen LogP contribution in [-0.2, 0) is 0 Å². The average molecular weight is 469 g/mol. The van der Waals surface area contributed by atoms with Crippen molar-refractivity contribution in [2.45, 2.75) is 55.4 Å². The maximum atomic E-state index is 9.57. The summed E-state index contributed by atoms with van der Waals surface area (Å²) in [4.78, 5) is 0. The largest absolute Gasteiger partial charge is 0.488 e. The Bertz CT molecular complexity index is 1310. The molecule has 184 valence electrons. The van der Waals surface area contributed by atoms with E-state index in [1.165, 1.54) is 16.7 Å². The summed E-state index contributed by atoms with van der Waals surface area (Å²) in [6.07, 6.45) is 12.4. The highest BCUT2D eigenvalue weighted by molar-refractivity contribution is 6.58. The van der Waals surface area contributed by atoms with Gasteiger partial charge in [-0.1, -0.05) is 89.4 Å². The summed E-state index contributed by atoms with van der Waals surface area (Å²) in [7, 11) is -1.50. The van der Waals surface area contributed by atoms with E-state index in [1.54, 1.807) is 12.1 Å². The normalized spacial score (nSPS) is 17.4. The number of hydrogen-bond acceptors (Lipinski definition) is 2. The molecule has 0 saturated carbocycles. The van der Waals surface area contributed by atoms with Crippen molar-refractivity contribution >= 4 is 36.4 Å². The van der Waals surface area contributed by atoms with Crippen LogP contribution in [0.5, 0.6) is 0 Å². The first-order chi connectivity index (χ1) is 16.6. The molecule has 2 aromatic rings. The summed E-state index contributed by atoms with van der Waals surface area (Å²) >= 11 is 0. The summed E-state index contributed by atoms with van der Waals surface area (Å²) < 4.78 is 2.26. The van der Waals surface area contributed by atoms with Crippen molar-refractivity contribution in [3.05, 3.63) is 94.2 Å². The van der Waals surface area contributed by atoms with Gasteiger partial charge in [0.15, 0.2) is 0 Å². The van der Waals surface area contributed by atoms with Gasteiger partial charge in [-0.05, 0) is 67.6 Å². The molecule has 1 aliphatic carbocycles. The molecule has 0 aliphatic heterocycles. The van der Waals surface area contributed by atoms with E-state index in [9.17, 15) is 10.0 Å². The van der Waals surface area contributed by atoms with E-state index in [4.69, 9.17) is 0 Å². The molecule has 1 aliphatic rings. The van der Waals surface area contributed by atoms with Gasteiger partial charge in [-0.15, -0.1) is 0 Å². The van der Waals surface area contributed by atoms with Gasteiger partial charge >= 0.3 is 7.12 Å². The van der Waals surface area contributed by atoms with Gasteiger partial charge in [-0.25, -0.2) is 0 Å². The molecule has 2 N–H and O–H groups in total. The fourth-order valence-electron chi connectivity index (χ4n) is 5.04. The lowest BCUT2D eigenvalue weighted by atomic mass is 9.78. The van der Waals surface area contributed by atoms with Crippen molar-refractivity contribution in [2.75, 3.05) is 0 Å². The molecule has 1 aromatic heterocycles. The van der Waals surface area contributed by atoms with Gasteiger partial charge in [0.2, 0.25) is 0 Å². The van der Waals surface area contributed by atoms with E-state index < -0.39 is 7.12 Å². The standard InChI is InChI=1S/C29H34BNO2.C2H6/c1-9-13-14-25-19(5)20(6)27(29(25,7)8)28-24(11-3)23(10-2)26(12-4)31(28)22-17-15-21(16-18-22)30(32)33;1-2/h9-18,32-33H,3,5H2,1-2,4,6-8H3;1-2H3/b13-9-,23-10-,25-14+,26-12+;. The highest BCUT2D eigenvalue weighted by atomic mass is 16.4. The molecule has 0 fully saturated rings. The summed E-state index contributed by atoms with van der Waals surface area (Å²) in [6, 6.07) is 7.37. The van der Waals surface area contributed by atoms with E-state index in [-0.39, 0.29) is 5.41 Å². The van der Waals surface area contributed by atoms with Crippen molar-refractivity contribution in [3.63, 3.8) is 0 Å². The Morgan fingerprint density at radius 3 is 2.06 bits per heavy atom. The van der Waals surface area contributed by atoms with Crippen LogP contribution in [-0.4, -0.2) is 21.7 Å². The Morgan fingerprint density at radius 2 is 1.60 bits per heavy atom. The minimum atomic E-state index is -1.50. The third-order valence-corrected chi connectivity index (χ3v) is 6.64. The van der Waals surface area contributed by atoms with E-state index >= 15 is 0 Å². The first-order valence-electron chi connectivity index (χ1n) is 12.4. The first kappa shape index (κ1) is 28.2. The fraction of sp³-hybridized carbons (Fsp3) is 0.290. The van der Waals surface area contributed by atoms with Crippen LogP contribution in [0.2, 0.25) is 0 Å². The van der Waals surface area contributed by atoms with Gasteiger partial charge in [-0.3, -0.25) is 0 Å². The summed E-state index contributed by atoms with van der Waals surface area (Å²) in [5, 5.41) is 21.3. The molecule has 3 rings (SSSR count). The minimum absolute atomic E-state index is 0.258. The SMILES string of the molecule is C=Cc1c(C2=C(C)C(=C)/C(=C\C=C/C)C2(C)C)n(-c2ccc(B(O)O)cc2)c(=C/C)/c1=C\C.CC. The molecule has 1 aromatic carbocycles. The lowest BCUT2D eigenvalue weighted by Crippen LogP contribution is -2.31. The third kappa shape index (κ3) is 4.87. The zero-order valence-electron chi connectivity index (χ0n) is 22.6. The van der Waals surface area contributed by atoms with Gasteiger partial charge in [0.1, 0.15) is 0 Å². The van der Waals surface area contributed by atoms with Crippen LogP contribution in [0.1, 0.15) is 66.6 Å². The molecule has 0 atom stereocenters. The number of rotatable bonds is 5. The first-order valence-corrected chi connectivity index (χ1v) is 12.4. The summed E-state index contributed by atoms with van der Waals surface area (Å²) in [5.74, 6) is 0. The van der Waals surface area contributed by atoms with Crippen molar-refractivity contribution in [3.8, 4) is 5.69 Å². The van der Waals surface area contributed by atoms with E-state index in [0.717, 1.165) is 33.1 Å². The summed E-state index contributed by atoms with van der Waals surface area (Å²) in [6.45, 7) is 25.4. The molecule has 4 heteroatoms. The topological polar surface area (TPSA) is 45.4 Å². The van der Waals surface area contributed by atoms with Crippen LogP contribution in [0.3, 0.4) is 0 Å². The lowest BCUT2D eigenvalue weighted by Gasteiger charge is -2.27. The Hall–Kier alpha value is -3.08. The number of aromatic nitrogens is 1. The van der Waals surface area contributed by atoms with Crippen molar-refractivity contribution < 1.29 is 10.0 Å². The third-order valence-electron chi connectivity index (χ3n) is 6.64. The molecule has 0 spiro atoms. The molecule has 0 unspecified atom stereocenters. The highest BCUT2D eigenvalue weighted by Gasteiger charge is 2.40. The Labute approximate surface area is 211 Å². The Kier molecular flexibility index (Phi) is 9.31. The maximum Gasteiger partial charge on any atom is 0.488 e. The summed E-state index contributed by atoms with van der Waals surface area (Å²) in [5.41, 5.74) is 7.98. The molecule has 0 amide bonds. The second-order valence-electron chi connectivity index (χ2n) is 8.85. The Morgan fingerprint density at radius 1 is 1.00 bits per heavy atom. The molecule has 0 bridgehead atoms. The van der Waals surface area contributed by atoms with Gasteiger partial charge in [0.05, 0.1) is 5.69 Å². The number of hydrogen-bond donors (Lipinski definition) is 2. The van der Waals surface area contributed by atoms with Gasteiger partial charge in [0.25, 0.3) is 0 Å². The minimum Gasteiger partial charge on any atom is -0.423 e. The monoisotopic (exact) mass is 469 g/mol. The van der Waals surface area contributed by atoms with Crippen LogP contribution in [0.4, 0.5) is 0 Å². The van der Waals surface area contributed by atoms with E-state index in [1.807, 2.05) is 58.9 Å². The van der Waals surface area contributed by atoms with Crippen LogP contribution < -0.4 is 16.0 Å². The quantitative estimate of drug-likeness (QED) is 0.584. The van der Waals surface area contributed by atoms with Gasteiger partial charge in [-0.2, -0.15) is 0 Å². The lowest BCUT2D eigenvalue weighted by molar-refractivity contribution is 0.426. The molecule has 0 saturated heterocycles. The van der Waals surface area contributed by atoms with Crippen molar-refractivity contribution in [2.24, 2.45) is 5.41 Å². The molecule has 0 radical (unpaired) electrons. The van der Waals surface area contributed by atoms with Crippen molar-refractivity contribution in [1.82, 2.24) is 4.57 Å². The smallest absolute Gasteiger partial charge is 0.423 e. The van der Waals surface area contributed by atoms with Crippen molar-refractivity contribution in [1.29, 1.82) is 0 Å². The Balaban J connectivity index is 0.00000210. The molecule has 1 heterocycles. The maximum absolute atomic E-state index is 9.57. The van der Waals surface area contributed by atoms with E-state index in [0.29, 0.717) is 5.46 Å². The van der Waals surface area contributed by atoms with Crippen LogP contribution >= 0.6 is 0 Å². The predicted octanol–water partition coefficient (Wildman–Crippen LogP) is 5.30. The second kappa shape index (κ2) is 11.6. The van der Waals surface area contributed by atoms with Crippen LogP contribution in [0, 0.1) is 5.41 Å². The highest BCUT2D eigenvalue weighted by Crippen LogP contribution is 2.54. The fourth-order valence-corrected chi connectivity index (χ4v) is 5.04. The number of allylic oxidation sites excluding steroid dienone is 7. The predicted molar refractivity (Wildman–Crippen MR) is 155 cm³/mol. The van der Waals surface area contributed by atoms with Gasteiger partial charge in [0, 0.05) is 27.2 Å². The zero-order valence-corrected chi connectivity index (χ0v) is 22.6. The second-order valence-corrected chi connectivity index (χ2v) is 8.85. The molecular formula is C31H40BNO2. The number of benzene rings is 1. The van der Waals surface area contributed by atoms with Crippen LogP contribution in [0.15, 0.2) is 72.4 Å². The molecule has 3 nitrogen and oxygen atoms in total. The number of nitrogens with zero attached hydrogens (tertiary/aromatic N) is 1.